The molecule has 2 aromatic carbocycles. The van der Waals surface area contributed by atoms with E-state index in [0.717, 1.165) is 17.7 Å². The number of aryl methyl sites for hydroxylation is 1. The van der Waals surface area contributed by atoms with E-state index in [1.807, 2.05) is 19.1 Å². The summed E-state index contributed by atoms with van der Waals surface area (Å²) in [7, 11) is -3.50. The van der Waals surface area contributed by atoms with Gasteiger partial charge in [-0.05, 0) is 67.8 Å². The number of ether oxygens (including phenoxy) is 1. The molecule has 2 aromatic rings. The highest BCUT2D eigenvalue weighted by Crippen LogP contribution is 2.25. The van der Waals surface area contributed by atoms with E-state index < -0.39 is 9.84 Å². The summed E-state index contributed by atoms with van der Waals surface area (Å²) in [5.41, 5.74) is 1.03. The molecule has 0 fully saturated rings. The lowest BCUT2D eigenvalue weighted by Crippen LogP contribution is -2.03. The van der Waals surface area contributed by atoms with Crippen molar-refractivity contribution in [3.63, 3.8) is 0 Å². The van der Waals surface area contributed by atoms with Gasteiger partial charge >= 0.3 is 0 Å². The Kier molecular flexibility index (Phi) is 4.58. The zero-order valence-corrected chi connectivity index (χ0v) is 14.6. The number of hydrogen-bond acceptors (Lipinski definition) is 3. The van der Waals surface area contributed by atoms with E-state index in [9.17, 15) is 8.42 Å². The molecule has 0 aliphatic heterocycles. The van der Waals surface area contributed by atoms with Gasteiger partial charge in [-0.25, -0.2) is 8.42 Å². The molecule has 0 saturated carbocycles. The summed E-state index contributed by atoms with van der Waals surface area (Å²) in [6, 6.07) is 13.4. The van der Waals surface area contributed by atoms with Crippen LogP contribution in [0.2, 0.25) is 0 Å². The van der Waals surface area contributed by atoms with Gasteiger partial charge in [-0.1, -0.05) is 30.7 Å². The molecule has 4 heteroatoms. The Bertz CT molecular complexity index is 873. The Balaban J connectivity index is 1.79. The standard InChI is InChI=1S/C20H20O3S/c1-15-3-7-17(8-4-15)23-18-9-13-20(14-10-18)24(21,22)19-11-5-16(2)6-12-19/h3,5-15H,4H2,1-2H3. The molecule has 124 valence electrons. The third kappa shape index (κ3) is 3.60. The molecule has 0 aromatic heterocycles. The SMILES string of the molecule is Cc1ccc(S(=O)(=O)c2ccc(OC3=CCC(C)C=C3)cc2)cc1. The summed E-state index contributed by atoms with van der Waals surface area (Å²) in [6.07, 6.45) is 7.05. The summed E-state index contributed by atoms with van der Waals surface area (Å²) in [4.78, 5) is 0.564. The van der Waals surface area contributed by atoms with Crippen LogP contribution in [0.3, 0.4) is 0 Å². The minimum Gasteiger partial charge on any atom is -0.458 e. The van der Waals surface area contributed by atoms with Gasteiger partial charge in [0.05, 0.1) is 9.79 Å². The maximum atomic E-state index is 12.6. The first kappa shape index (κ1) is 16.5. The Morgan fingerprint density at radius 2 is 1.54 bits per heavy atom. The quantitative estimate of drug-likeness (QED) is 0.811. The van der Waals surface area contributed by atoms with Crippen LogP contribution in [0.1, 0.15) is 18.9 Å². The second-order valence-corrected chi connectivity index (χ2v) is 8.02. The molecule has 0 radical (unpaired) electrons. The van der Waals surface area contributed by atoms with Crippen molar-refractivity contribution < 1.29 is 13.2 Å². The third-order valence-corrected chi connectivity index (χ3v) is 5.77. The van der Waals surface area contributed by atoms with Crippen LogP contribution < -0.4 is 4.74 Å². The smallest absolute Gasteiger partial charge is 0.206 e. The summed E-state index contributed by atoms with van der Waals surface area (Å²) in [5.74, 6) is 1.95. The van der Waals surface area contributed by atoms with E-state index in [1.165, 1.54) is 0 Å². The van der Waals surface area contributed by atoms with E-state index in [-0.39, 0.29) is 4.90 Å². The van der Waals surface area contributed by atoms with Crippen LogP contribution >= 0.6 is 0 Å². The Morgan fingerprint density at radius 1 is 0.958 bits per heavy atom. The van der Waals surface area contributed by atoms with Crippen LogP contribution in [0, 0.1) is 12.8 Å². The van der Waals surface area contributed by atoms with Crippen LogP contribution in [0.15, 0.2) is 82.3 Å². The van der Waals surface area contributed by atoms with Gasteiger partial charge in [0.15, 0.2) is 0 Å². The lowest BCUT2D eigenvalue weighted by Gasteiger charge is -2.13. The molecular weight excluding hydrogens is 320 g/mol. The van der Waals surface area contributed by atoms with E-state index in [4.69, 9.17) is 4.74 Å². The molecule has 1 aliphatic carbocycles. The first-order valence-electron chi connectivity index (χ1n) is 7.93. The molecule has 1 aliphatic rings. The second kappa shape index (κ2) is 6.65. The second-order valence-electron chi connectivity index (χ2n) is 6.07. The van der Waals surface area contributed by atoms with E-state index in [0.29, 0.717) is 16.6 Å². The highest BCUT2D eigenvalue weighted by atomic mass is 32.2. The van der Waals surface area contributed by atoms with E-state index >= 15 is 0 Å². The lowest BCUT2D eigenvalue weighted by molar-refractivity contribution is 0.434. The van der Waals surface area contributed by atoms with Crippen molar-refractivity contribution >= 4 is 9.84 Å². The van der Waals surface area contributed by atoms with Gasteiger partial charge in [-0.15, -0.1) is 0 Å². The number of allylic oxidation sites excluding steroid dienone is 3. The minimum atomic E-state index is -3.50. The fraction of sp³-hybridized carbons (Fsp3) is 0.200. The van der Waals surface area contributed by atoms with Crippen LogP contribution in [0.5, 0.6) is 5.75 Å². The van der Waals surface area contributed by atoms with Crippen molar-refractivity contribution in [2.75, 3.05) is 0 Å². The zero-order valence-electron chi connectivity index (χ0n) is 13.8. The molecule has 1 unspecified atom stereocenters. The van der Waals surface area contributed by atoms with Crippen LogP contribution in [-0.4, -0.2) is 8.42 Å². The van der Waals surface area contributed by atoms with Gasteiger partial charge in [0, 0.05) is 0 Å². The van der Waals surface area contributed by atoms with E-state index in [2.05, 4.69) is 13.0 Å². The molecule has 0 heterocycles. The largest absolute Gasteiger partial charge is 0.458 e. The average molecular weight is 340 g/mol. The van der Waals surface area contributed by atoms with Gasteiger partial charge in [0.25, 0.3) is 0 Å². The first-order chi connectivity index (χ1) is 11.4. The normalized spacial score (nSPS) is 17.4. The average Bonchev–Trinajstić information content (AvgIpc) is 2.58. The van der Waals surface area contributed by atoms with E-state index in [1.54, 1.807) is 48.5 Å². The van der Waals surface area contributed by atoms with Gasteiger partial charge < -0.3 is 4.74 Å². The Morgan fingerprint density at radius 3 is 2.08 bits per heavy atom. The molecule has 1 atom stereocenters. The van der Waals surface area contributed by atoms with Crippen LogP contribution in [-0.2, 0) is 9.84 Å². The van der Waals surface area contributed by atoms with Crippen LogP contribution in [0.4, 0.5) is 0 Å². The molecule has 0 spiro atoms. The summed E-state index contributed by atoms with van der Waals surface area (Å²) < 4.78 is 31.0. The predicted molar refractivity (Wildman–Crippen MR) is 94.7 cm³/mol. The summed E-state index contributed by atoms with van der Waals surface area (Å²) in [6.45, 7) is 4.08. The molecule has 24 heavy (non-hydrogen) atoms. The topological polar surface area (TPSA) is 43.4 Å². The maximum absolute atomic E-state index is 12.6. The highest BCUT2D eigenvalue weighted by Gasteiger charge is 2.17. The first-order valence-corrected chi connectivity index (χ1v) is 9.41. The van der Waals surface area contributed by atoms with Crippen LogP contribution in [0.25, 0.3) is 0 Å². The Labute approximate surface area is 143 Å². The lowest BCUT2D eigenvalue weighted by atomic mass is 10.0. The van der Waals surface area contributed by atoms with Crippen molar-refractivity contribution in [3.8, 4) is 5.75 Å². The number of benzene rings is 2. The number of sulfone groups is 1. The maximum Gasteiger partial charge on any atom is 0.206 e. The molecule has 0 bridgehead atoms. The highest BCUT2D eigenvalue weighted by molar-refractivity contribution is 7.91. The van der Waals surface area contributed by atoms with Crippen molar-refractivity contribution in [3.05, 3.63) is 78.1 Å². The molecule has 0 N–H and O–H groups in total. The molecule has 3 rings (SSSR count). The minimum absolute atomic E-state index is 0.264. The van der Waals surface area contributed by atoms with Gasteiger partial charge in [0.1, 0.15) is 11.5 Å². The van der Waals surface area contributed by atoms with Crippen molar-refractivity contribution in [1.29, 1.82) is 0 Å². The third-order valence-electron chi connectivity index (χ3n) is 3.98. The number of hydrogen-bond donors (Lipinski definition) is 0. The summed E-state index contributed by atoms with van der Waals surface area (Å²) >= 11 is 0. The number of rotatable bonds is 4. The fourth-order valence-corrected chi connectivity index (χ4v) is 3.72. The predicted octanol–water partition coefficient (Wildman–Crippen LogP) is 4.69. The fourth-order valence-electron chi connectivity index (χ4n) is 2.46. The molecule has 3 nitrogen and oxygen atoms in total. The van der Waals surface area contributed by atoms with Gasteiger partial charge in [-0.3, -0.25) is 0 Å². The molecular formula is C20H20O3S. The monoisotopic (exact) mass is 340 g/mol. The Hall–Kier alpha value is -2.33. The molecule has 0 amide bonds. The van der Waals surface area contributed by atoms with Crippen molar-refractivity contribution in [2.45, 2.75) is 30.1 Å². The van der Waals surface area contributed by atoms with Crippen molar-refractivity contribution in [1.82, 2.24) is 0 Å². The molecule has 0 saturated heterocycles. The zero-order chi connectivity index (χ0) is 17.2. The van der Waals surface area contributed by atoms with Crippen molar-refractivity contribution in [2.24, 2.45) is 5.92 Å². The summed E-state index contributed by atoms with van der Waals surface area (Å²) in [5, 5.41) is 0. The van der Waals surface area contributed by atoms with Gasteiger partial charge in [-0.2, -0.15) is 0 Å². The van der Waals surface area contributed by atoms with Gasteiger partial charge in [0.2, 0.25) is 9.84 Å².